The molecule has 4 aromatic carbocycles. The Labute approximate surface area is 190 Å². The number of aromatic nitrogens is 2. The number of imidazole rings is 1. The fourth-order valence-corrected chi connectivity index (χ4v) is 3.66. The third-order valence-corrected chi connectivity index (χ3v) is 5.33. The van der Waals surface area contributed by atoms with Gasteiger partial charge in [0.05, 0.1) is 11.0 Å². The Bertz CT molecular complexity index is 1380. The zero-order chi connectivity index (χ0) is 21.9. The van der Waals surface area contributed by atoms with Crippen LogP contribution in [0.15, 0.2) is 97.1 Å². The normalized spacial score (nSPS) is 10.8. The van der Waals surface area contributed by atoms with E-state index >= 15 is 0 Å². The zero-order valence-corrected chi connectivity index (χ0v) is 17.7. The minimum absolute atomic E-state index is 0.319. The molecule has 2 amide bonds. The summed E-state index contributed by atoms with van der Waals surface area (Å²) in [7, 11) is 0. The molecule has 0 aliphatic carbocycles. The van der Waals surface area contributed by atoms with E-state index in [2.05, 4.69) is 21.7 Å². The average molecular weight is 439 g/mol. The number of halogens is 1. The van der Waals surface area contributed by atoms with Crippen LogP contribution in [0.4, 0.5) is 16.2 Å². The van der Waals surface area contributed by atoms with Gasteiger partial charge in [-0.25, -0.2) is 9.78 Å². The van der Waals surface area contributed by atoms with Crippen molar-refractivity contribution in [2.45, 2.75) is 0 Å². The van der Waals surface area contributed by atoms with Gasteiger partial charge in [0.15, 0.2) is 0 Å². The second kappa shape index (κ2) is 8.57. The van der Waals surface area contributed by atoms with Crippen LogP contribution in [-0.4, -0.2) is 16.0 Å². The van der Waals surface area contributed by atoms with E-state index in [1.807, 2.05) is 66.7 Å². The van der Waals surface area contributed by atoms with Gasteiger partial charge in [0.25, 0.3) is 0 Å². The predicted octanol–water partition coefficient (Wildman–Crippen LogP) is 7.19. The lowest BCUT2D eigenvalue weighted by molar-refractivity contribution is 0.262. The largest absolute Gasteiger partial charge is 0.338 e. The first-order valence-electron chi connectivity index (χ1n) is 10.1. The highest BCUT2D eigenvalue weighted by Gasteiger charge is 2.08. The molecule has 5 rings (SSSR count). The Morgan fingerprint density at radius 3 is 2.22 bits per heavy atom. The highest BCUT2D eigenvalue weighted by atomic mass is 35.5. The molecule has 0 spiro atoms. The first-order chi connectivity index (χ1) is 15.6. The van der Waals surface area contributed by atoms with E-state index in [0.29, 0.717) is 16.4 Å². The monoisotopic (exact) mass is 438 g/mol. The summed E-state index contributed by atoms with van der Waals surface area (Å²) >= 11 is 5.89. The van der Waals surface area contributed by atoms with Gasteiger partial charge in [-0.1, -0.05) is 54.1 Å². The topological polar surface area (TPSA) is 69.8 Å². The van der Waals surface area contributed by atoms with Crippen molar-refractivity contribution >= 4 is 40.0 Å². The molecule has 0 unspecified atom stereocenters. The molecule has 3 N–H and O–H groups in total. The number of nitrogens with zero attached hydrogens (tertiary/aromatic N) is 1. The van der Waals surface area contributed by atoms with Crippen molar-refractivity contribution in [2.24, 2.45) is 0 Å². The van der Waals surface area contributed by atoms with Crippen LogP contribution in [0.3, 0.4) is 0 Å². The van der Waals surface area contributed by atoms with Gasteiger partial charge in [-0.2, -0.15) is 0 Å². The average Bonchev–Trinajstić information content (AvgIpc) is 3.25. The van der Waals surface area contributed by atoms with Crippen LogP contribution in [0.2, 0.25) is 5.02 Å². The summed E-state index contributed by atoms with van der Waals surface area (Å²) in [6.07, 6.45) is 0. The molecular weight excluding hydrogens is 420 g/mol. The number of rotatable bonds is 4. The number of amides is 2. The Kier molecular flexibility index (Phi) is 5.32. The van der Waals surface area contributed by atoms with Crippen LogP contribution in [0.25, 0.3) is 33.5 Å². The number of benzene rings is 4. The van der Waals surface area contributed by atoms with Crippen LogP contribution in [-0.2, 0) is 0 Å². The van der Waals surface area contributed by atoms with Crippen molar-refractivity contribution < 1.29 is 4.79 Å². The highest BCUT2D eigenvalue weighted by Crippen LogP contribution is 2.28. The van der Waals surface area contributed by atoms with Gasteiger partial charge >= 0.3 is 6.03 Å². The summed E-state index contributed by atoms with van der Waals surface area (Å²) in [6, 6.07) is 30.5. The second-order valence-corrected chi connectivity index (χ2v) is 7.79. The second-order valence-electron chi connectivity index (χ2n) is 7.35. The third-order valence-electron chi connectivity index (χ3n) is 5.08. The molecule has 1 heterocycles. The highest BCUT2D eigenvalue weighted by molar-refractivity contribution is 6.30. The van der Waals surface area contributed by atoms with Crippen molar-refractivity contribution in [1.29, 1.82) is 0 Å². The molecule has 0 atom stereocenters. The fourth-order valence-electron chi connectivity index (χ4n) is 3.54. The van der Waals surface area contributed by atoms with Crippen molar-refractivity contribution in [3.63, 3.8) is 0 Å². The van der Waals surface area contributed by atoms with Gasteiger partial charge in [-0.3, -0.25) is 0 Å². The van der Waals surface area contributed by atoms with Crippen LogP contribution in [0.5, 0.6) is 0 Å². The quantitative estimate of drug-likeness (QED) is 0.278. The Hall–Kier alpha value is -4.09. The lowest BCUT2D eigenvalue weighted by Crippen LogP contribution is -2.19. The Balaban J connectivity index is 1.36. The minimum Gasteiger partial charge on any atom is -0.338 e. The van der Waals surface area contributed by atoms with Gasteiger partial charge < -0.3 is 15.6 Å². The first-order valence-corrected chi connectivity index (χ1v) is 10.5. The molecule has 0 saturated heterocycles. The van der Waals surface area contributed by atoms with Crippen molar-refractivity contribution in [2.75, 3.05) is 10.6 Å². The van der Waals surface area contributed by atoms with Crippen LogP contribution < -0.4 is 10.6 Å². The van der Waals surface area contributed by atoms with Crippen molar-refractivity contribution in [3.05, 3.63) is 102 Å². The summed E-state index contributed by atoms with van der Waals surface area (Å²) < 4.78 is 0. The number of aromatic amines is 1. The zero-order valence-electron chi connectivity index (χ0n) is 17.0. The minimum atomic E-state index is -0.319. The van der Waals surface area contributed by atoms with E-state index in [1.165, 1.54) is 0 Å². The molecule has 0 fully saturated rings. The summed E-state index contributed by atoms with van der Waals surface area (Å²) in [5.74, 6) is 0.824. The van der Waals surface area contributed by atoms with Crippen LogP contribution in [0.1, 0.15) is 0 Å². The van der Waals surface area contributed by atoms with E-state index in [4.69, 9.17) is 16.6 Å². The van der Waals surface area contributed by atoms with Gasteiger partial charge in [0.1, 0.15) is 5.82 Å². The summed E-state index contributed by atoms with van der Waals surface area (Å²) in [5.41, 5.74) is 6.33. The molecule has 0 saturated carbocycles. The SMILES string of the molecule is O=C(Nc1ccc(Cl)cc1)Nc1cccc(-c2cccc(-c3nc4ccccc4[nH]3)c2)c1. The Morgan fingerprint density at radius 1 is 0.719 bits per heavy atom. The number of hydrogen-bond donors (Lipinski definition) is 3. The molecule has 0 aliphatic rings. The number of H-pyrrole nitrogens is 1. The molecule has 5 nitrogen and oxygen atoms in total. The fraction of sp³-hybridized carbons (Fsp3) is 0. The maximum atomic E-state index is 12.4. The molecule has 1 aromatic heterocycles. The van der Waals surface area contributed by atoms with E-state index in [9.17, 15) is 4.79 Å². The molecule has 5 aromatic rings. The van der Waals surface area contributed by atoms with Crippen LogP contribution >= 0.6 is 11.6 Å². The van der Waals surface area contributed by atoms with Gasteiger partial charge in [0.2, 0.25) is 0 Å². The number of hydrogen-bond acceptors (Lipinski definition) is 2. The first kappa shape index (κ1) is 19.8. The summed E-state index contributed by atoms with van der Waals surface area (Å²) in [4.78, 5) is 20.4. The van der Waals surface area contributed by atoms with E-state index in [-0.39, 0.29) is 6.03 Å². The molecule has 0 bridgehead atoms. The van der Waals surface area contributed by atoms with Crippen molar-refractivity contribution in [3.8, 4) is 22.5 Å². The number of para-hydroxylation sites is 2. The smallest absolute Gasteiger partial charge is 0.323 e. The third kappa shape index (κ3) is 4.33. The molecule has 0 radical (unpaired) electrons. The van der Waals surface area contributed by atoms with Gasteiger partial charge in [-0.05, 0) is 65.7 Å². The number of nitrogens with one attached hydrogen (secondary N) is 3. The van der Waals surface area contributed by atoms with Gasteiger partial charge in [-0.15, -0.1) is 0 Å². The molecule has 156 valence electrons. The number of anilines is 2. The lowest BCUT2D eigenvalue weighted by Gasteiger charge is -2.10. The van der Waals surface area contributed by atoms with E-state index < -0.39 is 0 Å². The van der Waals surface area contributed by atoms with Crippen LogP contribution in [0, 0.1) is 0 Å². The van der Waals surface area contributed by atoms with E-state index in [1.54, 1.807) is 24.3 Å². The standard InChI is InChI=1S/C26H19ClN4O/c27-20-11-13-21(14-12-20)28-26(32)29-22-8-4-6-18(16-22)17-5-3-7-19(15-17)25-30-23-9-1-2-10-24(23)31-25/h1-16H,(H,30,31)(H2,28,29,32). The van der Waals surface area contributed by atoms with Gasteiger partial charge in [0, 0.05) is 22.0 Å². The molecule has 32 heavy (non-hydrogen) atoms. The maximum absolute atomic E-state index is 12.4. The molecular formula is C26H19ClN4O. The number of urea groups is 1. The molecule has 6 heteroatoms. The maximum Gasteiger partial charge on any atom is 0.323 e. The number of fused-ring (bicyclic) bond motifs is 1. The predicted molar refractivity (Wildman–Crippen MR) is 131 cm³/mol. The number of carbonyl (C=O) groups excluding carboxylic acids is 1. The number of carbonyl (C=O) groups is 1. The van der Waals surface area contributed by atoms with Crippen molar-refractivity contribution in [1.82, 2.24) is 9.97 Å². The van der Waals surface area contributed by atoms with E-state index in [0.717, 1.165) is 33.5 Å². The Morgan fingerprint density at radius 2 is 1.41 bits per heavy atom. The lowest BCUT2D eigenvalue weighted by atomic mass is 10.0. The molecule has 0 aliphatic heterocycles. The summed E-state index contributed by atoms with van der Waals surface area (Å²) in [5, 5.41) is 6.30. The summed E-state index contributed by atoms with van der Waals surface area (Å²) in [6.45, 7) is 0.